The van der Waals surface area contributed by atoms with Gasteiger partial charge in [0.05, 0.1) is 11.4 Å². The number of rotatable bonds is 2. The number of aromatic nitrogens is 2. The number of nitrogen functional groups attached to an aromatic ring is 1. The SMILES string of the molecule is N#Cc1c(-c2ccccc2)nc(N)nc1-c1ccsc1. The highest BCUT2D eigenvalue weighted by Crippen LogP contribution is 2.30. The predicted octanol–water partition coefficient (Wildman–Crippen LogP) is 3.33. The monoisotopic (exact) mass is 278 g/mol. The molecule has 0 radical (unpaired) electrons. The van der Waals surface area contributed by atoms with Gasteiger partial charge in [-0.1, -0.05) is 30.3 Å². The zero-order chi connectivity index (χ0) is 13.9. The number of thiophene rings is 1. The number of anilines is 1. The summed E-state index contributed by atoms with van der Waals surface area (Å²) in [7, 11) is 0. The summed E-state index contributed by atoms with van der Waals surface area (Å²) in [5.74, 6) is 0.170. The van der Waals surface area contributed by atoms with Crippen LogP contribution in [0.2, 0.25) is 0 Å². The van der Waals surface area contributed by atoms with Crippen molar-refractivity contribution in [1.82, 2.24) is 9.97 Å². The van der Waals surface area contributed by atoms with Gasteiger partial charge in [-0.3, -0.25) is 0 Å². The van der Waals surface area contributed by atoms with Crippen LogP contribution in [0.15, 0.2) is 47.2 Å². The third-order valence-corrected chi connectivity index (χ3v) is 3.56. The summed E-state index contributed by atoms with van der Waals surface area (Å²) >= 11 is 1.55. The minimum absolute atomic E-state index is 0.170. The van der Waals surface area contributed by atoms with Crippen LogP contribution in [0.3, 0.4) is 0 Å². The molecule has 0 fully saturated rings. The Hall–Kier alpha value is -2.71. The second kappa shape index (κ2) is 5.11. The van der Waals surface area contributed by atoms with Gasteiger partial charge < -0.3 is 5.73 Å². The van der Waals surface area contributed by atoms with Gasteiger partial charge in [0, 0.05) is 16.5 Å². The zero-order valence-electron chi connectivity index (χ0n) is 10.4. The lowest BCUT2D eigenvalue weighted by atomic mass is 10.0. The second-order valence-electron chi connectivity index (χ2n) is 4.14. The van der Waals surface area contributed by atoms with Crippen LogP contribution < -0.4 is 5.73 Å². The molecular weight excluding hydrogens is 268 g/mol. The minimum Gasteiger partial charge on any atom is -0.368 e. The second-order valence-corrected chi connectivity index (χ2v) is 4.92. The van der Waals surface area contributed by atoms with E-state index in [2.05, 4.69) is 16.0 Å². The van der Waals surface area contributed by atoms with E-state index in [1.165, 1.54) is 0 Å². The first kappa shape index (κ1) is 12.3. The molecule has 0 aliphatic heterocycles. The van der Waals surface area contributed by atoms with E-state index in [-0.39, 0.29) is 5.95 Å². The van der Waals surface area contributed by atoms with E-state index in [1.807, 2.05) is 47.2 Å². The van der Waals surface area contributed by atoms with Gasteiger partial charge in [0.15, 0.2) is 0 Å². The van der Waals surface area contributed by atoms with Gasteiger partial charge in [0.25, 0.3) is 0 Å². The van der Waals surface area contributed by atoms with Gasteiger partial charge >= 0.3 is 0 Å². The van der Waals surface area contributed by atoms with E-state index in [0.717, 1.165) is 11.1 Å². The molecule has 1 aromatic carbocycles. The van der Waals surface area contributed by atoms with E-state index in [9.17, 15) is 5.26 Å². The van der Waals surface area contributed by atoms with E-state index in [4.69, 9.17) is 5.73 Å². The Morgan fingerprint density at radius 2 is 1.70 bits per heavy atom. The maximum Gasteiger partial charge on any atom is 0.221 e. The van der Waals surface area contributed by atoms with Crippen LogP contribution in [0.25, 0.3) is 22.5 Å². The first-order chi connectivity index (χ1) is 9.79. The van der Waals surface area contributed by atoms with Crippen molar-refractivity contribution in [3.05, 3.63) is 52.7 Å². The maximum absolute atomic E-state index is 9.48. The largest absolute Gasteiger partial charge is 0.368 e. The van der Waals surface area contributed by atoms with Crippen molar-refractivity contribution in [2.75, 3.05) is 5.73 Å². The molecule has 20 heavy (non-hydrogen) atoms. The van der Waals surface area contributed by atoms with Crippen molar-refractivity contribution in [2.45, 2.75) is 0 Å². The fourth-order valence-electron chi connectivity index (χ4n) is 2.00. The molecule has 3 rings (SSSR count). The van der Waals surface area contributed by atoms with Crippen molar-refractivity contribution >= 4 is 17.3 Å². The Kier molecular flexibility index (Phi) is 3.15. The van der Waals surface area contributed by atoms with E-state index >= 15 is 0 Å². The van der Waals surface area contributed by atoms with Gasteiger partial charge in [-0.2, -0.15) is 16.6 Å². The van der Waals surface area contributed by atoms with E-state index in [1.54, 1.807) is 11.3 Å². The lowest BCUT2D eigenvalue weighted by Gasteiger charge is -2.08. The highest BCUT2D eigenvalue weighted by atomic mass is 32.1. The Morgan fingerprint density at radius 3 is 2.30 bits per heavy atom. The number of nitriles is 1. The van der Waals surface area contributed by atoms with Gasteiger partial charge in [-0.05, 0) is 11.4 Å². The Bertz CT molecular complexity index is 774. The van der Waals surface area contributed by atoms with Crippen LogP contribution in [-0.2, 0) is 0 Å². The molecule has 0 aliphatic rings. The van der Waals surface area contributed by atoms with Crippen LogP contribution in [0, 0.1) is 11.3 Å². The van der Waals surface area contributed by atoms with Gasteiger partial charge in [0.1, 0.15) is 11.6 Å². The zero-order valence-corrected chi connectivity index (χ0v) is 11.3. The van der Waals surface area contributed by atoms with Gasteiger partial charge in [-0.25, -0.2) is 9.97 Å². The van der Waals surface area contributed by atoms with Crippen LogP contribution in [0.5, 0.6) is 0 Å². The molecule has 0 atom stereocenters. The Labute approximate surface area is 120 Å². The first-order valence-corrected chi connectivity index (χ1v) is 6.89. The summed E-state index contributed by atoms with van der Waals surface area (Å²) in [6.07, 6.45) is 0. The number of hydrogen-bond acceptors (Lipinski definition) is 5. The number of hydrogen-bond donors (Lipinski definition) is 1. The normalized spacial score (nSPS) is 10.2. The lowest BCUT2D eigenvalue weighted by molar-refractivity contribution is 1.18. The molecule has 0 bridgehead atoms. The smallest absolute Gasteiger partial charge is 0.221 e. The molecule has 2 aromatic heterocycles. The lowest BCUT2D eigenvalue weighted by Crippen LogP contribution is -2.02. The van der Waals surface area contributed by atoms with E-state index < -0.39 is 0 Å². The summed E-state index contributed by atoms with van der Waals surface area (Å²) in [5.41, 5.74) is 9.14. The van der Waals surface area contributed by atoms with E-state index in [0.29, 0.717) is 17.0 Å². The Morgan fingerprint density at radius 1 is 1.00 bits per heavy atom. The molecule has 0 aliphatic carbocycles. The molecule has 0 amide bonds. The average molecular weight is 278 g/mol. The third-order valence-electron chi connectivity index (χ3n) is 2.88. The fourth-order valence-corrected chi connectivity index (χ4v) is 2.64. The van der Waals surface area contributed by atoms with Crippen LogP contribution in [0.4, 0.5) is 5.95 Å². The standard InChI is InChI=1S/C15H10N4S/c16-8-12-13(10-4-2-1-3-5-10)18-15(17)19-14(12)11-6-7-20-9-11/h1-7,9H,(H2,17,18,19). The average Bonchev–Trinajstić information content (AvgIpc) is 3.01. The van der Waals surface area contributed by atoms with Gasteiger partial charge in [0.2, 0.25) is 5.95 Å². The van der Waals surface area contributed by atoms with Gasteiger partial charge in [-0.15, -0.1) is 0 Å². The van der Waals surface area contributed by atoms with Crippen LogP contribution >= 0.6 is 11.3 Å². The molecule has 2 N–H and O–H groups in total. The summed E-state index contributed by atoms with van der Waals surface area (Å²) in [6.45, 7) is 0. The van der Waals surface area contributed by atoms with Crippen LogP contribution in [-0.4, -0.2) is 9.97 Å². The van der Waals surface area contributed by atoms with Crippen molar-refractivity contribution in [3.63, 3.8) is 0 Å². The van der Waals surface area contributed by atoms with Crippen molar-refractivity contribution in [2.24, 2.45) is 0 Å². The van der Waals surface area contributed by atoms with Crippen molar-refractivity contribution in [1.29, 1.82) is 5.26 Å². The highest BCUT2D eigenvalue weighted by Gasteiger charge is 2.16. The highest BCUT2D eigenvalue weighted by molar-refractivity contribution is 7.08. The molecule has 5 heteroatoms. The molecular formula is C15H10N4S. The molecule has 0 unspecified atom stereocenters. The molecule has 2 heterocycles. The molecule has 96 valence electrons. The first-order valence-electron chi connectivity index (χ1n) is 5.95. The summed E-state index contributed by atoms with van der Waals surface area (Å²) in [6, 6.07) is 13.6. The molecule has 0 saturated carbocycles. The molecule has 4 nitrogen and oxygen atoms in total. The third kappa shape index (κ3) is 2.13. The minimum atomic E-state index is 0.170. The number of nitrogens with zero attached hydrogens (tertiary/aromatic N) is 3. The van der Waals surface area contributed by atoms with Crippen LogP contribution in [0.1, 0.15) is 5.56 Å². The fraction of sp³-hybridized carbons (Fsp3) is 0. The summed E-state index contributed by atoms with van der Waals surface area (Å²) in [4.78, 5) is 8.46. The Balaban J connectivity index is 2.29. The number of benzene rings is 1. The summed E-state index contributed by atoms with van der Waals surface area (Å²) in [5, 5.41) is 13.4. The maximum atomic E-state index is 9.48. The topological polar surface area (TPSA) is 75.6 Å². The predicted molar refractivity (Wildman–Crippen MR) is 79.9 cm³/mol. The number of nitrogens with two attached hydrogens (primary N) is 1. The van der Waals surface area contributed by atoms with Crippen molar-refractivity contribution in [3.8, 4) is 28.6 Å². The quantitative estimate of drug-likeness (QED) is 0.780. The summed E-state index contributed by atoms with van der Waals surface area (Å²) < 4.78 is 0. The molecule has 0 saturated heterocycles. The molecule has 3 aromatic rings. The van der Waals surface area contributed by atoms with Crippen molar-refractivity contribution < 1.29 is 0 Å². The molecule has 0 spiro atoms.